The summed E-state index contributed by atoms with van der Waals surface area (Å²) in [6.45, 7) is 5.19. The summed E-state index contributed by atoms with van der Waals surface area (Å²) < 4.78 is 5.91. The van der Waals surface area contributed by atoms with Gasteiger partial charge in [-0.3, -0.25) is 0 Å². The average Bonchev–Trinajstić information content (AvgIpc) is 3.11. The van der Waals surface area contributed by atoms with E-state index in [1.54, 1.807) is 0 Å². The second-order valence-corrected chi connectivity index (χ2v) is 4.60. The number of hydrogen-bond acceptors (Lipinski definition) is 2. The molecular weight excluding hydrogens is 198 g/mol. The molecule has 2 heteroatoms. The highest BCUT2D eigenvalue weighted by atomic mass is 16.5. The standard InChI is InChI=1S/C14H21NO/c1-3-11(2)16-14-7-5-4-6-12(14)10-15-13-8-9-13/h4-7,11,13,15H,3,8-10H2,1-2H3. The molecule has 0 aliphatic heterocycles. The normalized spacial score (nSPS) is 17.1. The molecule has 0 spiro atoms. The molecule has 1 aromatic rings. The second-order valence-electron chi connectivity index (χ2n) is 4.60. The maximum absolute atomic E-state index is 5.91. The summed E-state index contributed by atoms with van der Waals surface area (Å²) in [6, 6.07) is 9.08. The largest absolute Gasteiger partial charge is 0.490 e. The van der Waals surface area contributed by atoms with E-state index in [0.29, 0.717) is 6.10 Å². The molecule has 16 heavy (non-hydrogen) atoms. The third kappa shape index (κ3) is 3.24. The van der Waals surface area contributed by atoms with E-state index >= 15 is 0 Å². The van der Waals surface area contributed by atoms with Gasteiger partial charge in [-0.2, -0.15) is 0 Å². The molecule has 1 aromatic carbocycles. The van der Waals surface area contributed by atoms with Crippen molar-refractivity contribution >= 4 is 0 Å². The van der Waals surface area contributed by atoms with Gasteiger partial charge in [-0.15, -0.1) is 0 Å². The van der Waals surface area contributed by atoms with E-state index in [0.717, 1.165) is 24.8 Å². The molecule has 1 N–H and O–H groups in total. The molecule has 1 unspecified atom stereocenters. The minimum atomic E-state index is 0.294. The van der Waals surface area contributed by atoms with E-state index in [2.05, 4.69) is 37.4 Å². The van der Waals surface area contributed by atoms with Gasteiger partial charge in [0.05, 0.1) is 6.10 Å². The lowest BCUT2D eigenvalue weighted by Crippen LogP contribution is -2.17. The van der Waals surface area contributed by atoms with Crippen molar-refractivity contribution < 1.29 is 4.74 Å². The molecule has 88 valence electrons. The maximum Gasteiger partial charge on any atom is 0.124 e. The molecule has 0 heterocycles. The lowest BCUT2D eigenvalue weighted by molar-refractivity contribution is 0.215. The predicted octanol–water partition coefficient (Wildman–Crippen LogP) is 3.12. The van der Waals surface area contributed by atoms with Crippen LogP contribution in [0.4, 0.5) is 0 Å². The fourth-order valence-corrected chi connectivity index (χ4v) is 1.61. The van der Waals surface area contributed by atoms with Gasteiger partial charge in [0.15, 0.2) is 0 Å². The number of hydrogen-bond donors (Lipinski definition) is 1. The minimum Gasteiger partial charge on any atom is -0.490 e. The summed E-state index contributed by atoms with van der Waals surface area (Å²) >= 11 is 0. The van der Waals surface area contributed by atoms with E-state index < -0.39 is 0 Å². The molecule has 0 saturated heterocycles. The van der Waals surface area contributed by atoms with Gasteiger partial charge in [-0.05, 0) is 32.3 Å². The maximum atomic E-state index is 5.91. The lowest BCUT2D eigenvalue weighted by Gasteiger charge is -2.16. The van der Waals surface area contributed by atoms with Gasteiger partial charge in [-0.1, -0.05) is 25.1 Å². The quantitative estimate of drug-likeness (QED) is 0.793. The summed E-state index contributed by atoms with van der Waals surface area (Å²) in [6.07, 6.45) is 4.00. The Morgan fingerprint density at radius 3 is 2.81 bits per heavy atom. The van der Waals surface area contributed by atoms with Crippen molar-refractivity contribution in [1.82, 2.24) is 5.32 Å². The van der Waals surface area contributed by atoms with Crippen LogP contribution < -0.4 is 10.1 Å². The number of ether oxygens (including phenoxy) is 1. The van der Waals surface area contributed by atoms with Crippen LogP contribution in [0.5, 0.6) is 5.75 Å². The van der Waals surface area contributed by atoms with Crippen molar-refractivity contribution in [3.63, 3.8) is 0 Å². The molecule has 0 aromatic heterocycles. The monoisotopic (exact) mass is 219 g/mol. The van der Waals surface area contributed by atoms with Crippen LogP contribution in [-0.4, -0.2) is 12.1 Å². The van der Waals surface area contributed by atoms with Gasteiger partial charge in [0.1, 0.15) is 5.75 Å². The van der Waals surface area contributed by atoms with Crippen LogP contribution in [-0.2, 0) is 6.54 Å². The number of rotatable bonds is 6. The van der Waals surface area contributed by atoms with E-state index in [4.69, 9.17) is 4.74 Å². The van der Waals surface area contributed by atoms with Crippen LogP contribution in [0, 0.1) is 0 Å². The summed E-state index contributed by atoms with van der Waals surface area (Å²) in [5.41, 5.74) is 1.27. The fraction of sp³-hybridized carbons (Fsp3) is 0.571. The smallest absolute Gasteiger partial charge is 0.124 e. The van der Waals surface area contributed by atoms with Crippen molar-refractivity contribution in [1.29, 1.82) is 0 Å². The Kier molecular flexibility index (Phi) is 3.83. The molecule has 2 rings (SSSR count). The molecule has 0 amide bonds. The Balaban J connectivity index is 1.97. The Bertz CT molecular complexity index is 333. The third-order valence-corrected chi connectivity index (χ3v) is 3.03. The molecule has 1 atom stereocenters. The SMILES string of the molecule is CCC(C)Oc1ccccc1CNC1CC1. The van der Waals surface area contributed by atoms with Crippen molar-refractivity contribution in [3.8, 4) is 5.75 Å². The number of nitrogens with one attached hydrogen (secondary N) is 1. The van der Waals surface area contributed by atoms with E-state index in [-0.39, 0.29) is 0 Å². The van der Waals surface area contributed by atoms with E-state index in [9.17, 15) is 0 Å². The van der Waals surface area contributed by atoms with Gasteiger partial charge >= 0.3 is 0 Å². The van der Waals surface area contributed by atoms with Crippen LogP contribution in [0.25, 0.3) is 0 Å². The van der Waals surface area contributed by atoms with Crippen LogP contribution >= 0.6 is 0 Å². The molecule has 0 radical (unpaired) electrons. The van der Waals surface area contributed by atoms with Crippen LogP contribution in [0.3, 0.4) is 0 Å². The van der Waals surface area contributed by atoms with Gasteiger partial charge in [0.2, 0.25) is 0 Å². The first-order valence-corrected chi connectivity index (χ1v) is 6.27. The average molecular weight is 219 g/mol. The molecule has 2 nitrogen and oxygen atoms in total. The van der Waals surface area contributed by atoms with E-state index in [1.807, 2.05) is 6.07 Å². The first kappa shape index (κ1) is 11.5. The Labute approximate surface area is 98.0 Å². The van der Waals surface area contributed by atoms with Gasteiger partial charge in [0, 0.05) is 18.2 Å². The zero-order valence-electron chi connectivity index (χ0n) is 10.2. The van der Waals surface area contributed by atoms with Gasteiger partial charge in [0.25, 0.3) is 0 Å². The Morgan fingerprint density at radius 1 is 1.38 bits per heavy atom. The Hall–Kier alpha value is -1.02. The zero-order valence-corrected chi connectivity index (χ0v) is 10.2. The van der Waals surface area contributed by atoms with Gasteiger partial charge < -0.3 is 10.1 Å². The lowest BCUT2D eigenvalue weighted by atomic mass is 10.2. The topological polar surface area (TPSA) is 21.3 Å². The van der Waals surface area contributed by atoms with Gasteiger partial charge in [-0.25, -0.2) is 0 Å². The first-order valence-electron chi connectivity index (χ1n) is 6.27. The number of benzene rings is 1. The minimum absolute atomic E-state index is 0.294. The molecule has 1 aliphatic rings. The summed E-state index contributed by atoms with van der Waals surface area (Å²) in [5.74, 6) is 1.03. The van der Waals surface area contributed by atoms with E-state index in [1.165, 1.54) is 18.4 Å². The second kappa shape index (κ2) is 5.35. The fourth-order valence-electron chi connectivity index (χ4n) is 1.61. The van der Waals surface area contributed by atoms with Crippen LogP contribution in [0.15, 0.2) is 24.3 Å². The van der Waals surface area contributed by atoms with Crippen molar-refractivity contribution in [2.45, 2.75) is 51.8 Å². The van der Waals surface area contributed by atoms with Crippen LogP contribution in [0.2, 0.25) is 0 Å². The van der Waals surface area contributed by atoms with Crippen molar-refractivity contribution in [2.24, 2.45) is 0 Å². The molecule has 1 fully saturated rings. The summed E-state index contributed by atoms with van der Waals surface area (Å²) in [4.78, 5) is 0. The highest BCUT2D eigenvalue weighted by Crippen LogP contribution is 2.23. The first-order chi connectivity index (χ1) is 7.79. The molecule has 0 bridgehead atoms. The number of para-hydroxylation sites is 1. The highest BCUT2D eigenvalue weighted by Gasteiger charge is 2.20. The molecule has 1 aliphatic carbocycles. The molecular formula is C14H21NO. The van der Waals surface area contributed by atoms with Crippen LogP contribution in [0.1, 0.15) is 38.7 Å². The summed E-state index contributed by atoms with van der Waals surface area (Å²) in [5, 5.41) is 3.52. The summed E-state index contributed by atoms with van der Waals surface area (Å²) in [7, 11) is 0. The molecule has 1 saturated carbocycles. The Morgan fingerprint density at radius 2 is 2.12 bits per heavy atom. The third-order valence-electron chi connectivity index (χ3n) is 3.03. The predicted molar refractivity (Wildman–Crippen MR) is 66.7 cm³/mol. The zero-order chi connectivity index (χ0) is 11.4. The van der Waals surface area contributed by atoms with Crippen molar-refractivity contribution in [2.75, 3.05) is 0 Å². The van der Waals surface area contributed by atoms with Crippen molar-refractivity contribution in [3.05, 3.63) is 29.8 Å². The highest BCUT2D eigenvalue weighted by molar-refractivity contribution is 5.33.